The Bertz CT molecular complexity index is 818. The first-order chi connectivity index (χ1) is 9.09. The van der Waals surface area contributed by atoms with Crippen molar-refractivity contribution in [2.75, 3.05) is 0 Å². The summed E-state index contributed by atoms with van der Waals surface area (Å²) in [5.41, 5.74) is 2.67. The highest BCUT2D eigenvalue weighted by Crippen LogP contribution is 2.17. The third kappa shape index (κ3) is 1.76. The first kappa shape index (κ1) is 12.0. The molecule has 1 aromatic carbocycles. The summed E-state index contributed by atoms with van der Waals surface area (Å²) in [6.45, 7) is 3.67. The van der Waals surface area contributed by atoms with Gasteiger partial charge in [-0.3, -0.25) is 4.57 Å². The third-order valence-corrected chi connectivity index (χ3v) is 3.54. The highest BCUT2D eigenvalue weighted by atomic mass is 35.5. The molecule has 0 spiro atoms. The van der Waals surface area contributed by atoms with Crippen LogP contribution in [0.25, 0.3) is 11.3 Å². The first-order valence-corrected chi connectivity index (χ1v) is 6.30. The van der Waals surface area contributed by atoms with Crippen LogP contribution < -0.4 is 5.69 Å². The number of hydrogen-bond donors (Lipinski definition) is 0. The lowest BCUT2D eigenvalue weighted by molar-refractivity contribution is 0.846. The molecule has 2 heterocycles. The molecule has 5 heteroatoms. The zero-order valence-corrected chi connectivity index (χ0v) is 11.3. The number of aromatic nitrogens is 3. The Kier molecular flexibility index (Phi) is 2.68. The number of aryl methyl sites for hydroxylation is 2. The molecular weight excluding hydrogens is 262 g/mol. The predicted octanol–water partition coefficient (Wildman–Crippen LogP) is 2.76. The van der Waals surface area contributed by atoms with Crippen molar-refractivity contribution < 1.29 is 0 Å². The summed E-state index contributed by atoms with van der Waals surface area (Å²) in [4.78, 5) is 16.9. The van der Waals surface area contributed by atoms with Gasteiger partial charge in [-0.05, 0) is 26.0 Å². The van der Waals surface area contributed by atoms with Crippen LogP contribution >= 0.6 is 11.6 Å². The van der Waals surface area contributed by atoms with Gasteiger partial charge in [-0.2, -0.15) is 0 Å². The maximum atomic E-state index is 12.6. The molecule has 0 fully saturated rings. The molecule has 0 N–H and O–H groups in total. The van der Waals surface area contributed by atoms with Gasteiger partial charge in [0.25, 0.3) is 0 Å². The molecule has 0 atom stereocenters. The van der Waals surface area contributed by atoms with E-state index in [1.165, 1.54) is 4.40 Å². The van der Waals surface area contributed by atoms with Crippen LogP contribution in [0.3, 0.4) is 0 Å². The van der Waals surface area contributed by atoms with Crippen molar-refractivity contribution in [2.45, 2.75) is 13.8 Å². The van der Waals surface area contributed by atoms with Gasteiger partial charge in [0.05, 0.1) is 11.4 Å². The van der Waals surface area contributed by atoms with Gasteiger partial charge >= 0.3 is 5.69 Å². The fourth-order valence-electron chi connectivity index (χ4n) is 2.20. The van der Waals surface area contributed by atoms with Crippen molar-refractivity contribution >= 4 is 17.2 Å². The van der Waals surface area contributed by atoms with Crippen molar-refractivity contribution in [3.8, 4) is 5.69 Å². The second-order valence-corrected chi connectivity index (χ2v) is 4.78. The zero-order valence-electron chi connectivity index (χ0n) is 10.6. The molecule has 2 aromatic heterocycles. The van der Waals surface area contributed by atoms with E-state index in [0.717, 1.165) is 11.4 Å². The van der Waals surface area contributed by atoms with Gasteiger partial charge in [0.2, 0.25) is 0 Å². The second-order valence-electron chi connectivity index (χ2n) is 4.42. The average molecular weight is 274 g/mol. The minimum atomic E-state index is -0.202. The van der Waals surface area contributed by atoms with Crippen molar-refractivity contribution in [1.82, 2.24) is 14.0 Å². The number of nitrogens with zero attached hydrogens (tertiary/aromatic N) is 3. The normalized spacial score (nSPS) is 11.1. The van der Waals surface area contributed by atoms with E-state index in [2.05, 4.69) is 4.98 Å². The summed E-state index contributed by atoms with van der Waals surface area (Å²) in [5, 5.41) is 0.365. The summed E-state index contributed by atoms with van der Waals surface area (Å²) in [5.74, 6) is 0. The summed E-state index contributed by atoms with van der Waals surface area (Å²) < 4.78 is 3.05. The lowest BCUT2D eigenvalue weighted by Gasteiger charge is -2.10. The van der Waals surface area contributed by atoms with E-state index in [9.17, 15) is 4.79 Å². The molecule has 0 aliphatic rings. The van der Waals surface area contributed by atoms with E-state index in [1.54, 1.807) is 11.5 Å². The van der Waals surface area contributed by atoms with Crippen LogP contribution in [-0.2, 0) is 0 Å². The van der Waals surface area contributed by atoms with Crippen LogP contribution in [0.15, 0.2) is 41.2 Å². The minimum Gasteiger partial charge on any atom is -0.266 e. The third-order valence-electron chi connectivity index (χ3n) is 3.09. The number of fused-ring (bicyclic) bond motifs is 1. The molecule has 0 radical (unpaired) electrons. The quantitative estimate of drug-likeness (QED) is 0.684. The molecule has 96 valence electrons. The number of benzene rings is 1. The summed E-state index contributed by atoms with van der Waals surface area (Å²) in [6, 6.07) is 11.3. The van der Waals surface area contributed by atoms with Crippen molar-refractivity contribution in [2.24, 2.45) is 0 Å². The molecular formula is C14H12ClN3O. The predicted molar refractivity (Wildman–Crippen MR) is 75.3 cm³/mol. The topological polar surface area (TPSA) is 39.3 Å². The van der Waals surface area contributed by atoms with E-state index < -0.39 is 0 Å². The molecule has 4 nitrogen and oxygen atoms in total. The number of halogens is 1. The van der Waals surface area contributed by atoms with Crippen LogP contribution in [0, 0.1) is 13.8 Å². The molecule has 0 unspecified atom stereocenters. The fourth-order valence-corrected chi connectivity index (χ4v) is 2.40. The lowest BCUT2D eigenvalue weighted by atomic mass is 10.3. The van der Waals surface area contributed by atoms with E-state index >= 15 is 0 Å². The molecule has 0 saturated heterocycles. The monoisotopic (exact) mass is 273 g/mol. The van der Waals surface area contributed by atoms with Gasteiger partial charge in [0.1, 0.15) is 10.8 Å². The van der Waals surface area contributed by atoms with Crippen LogP contribution in [-0.4, -0.2) is 14.0 Å². The van der Waals surface area contributed by atoms with Crippen molar-refractivity contribution in [3.63, 3.8) is 0 Å². The minimum absolute atomic E-state index is 0.202. The van der Waals surface area contributed by atoms with E-state index in [1.807, 2.05) is 43.3 Å². The Balaban J connectivity index is 2.44. The summed E-state index contributed by atoms with van der Waals surface area (Å²) >= 11 is 6.15. The Morgan fingerprint density at radius 3 is 2.53 bits per heavy atom. The standard InChI is InChI=1S/C14H12ClN3O/c1-9-8-12-16-10(2)13(15)18(12)14(19)17(9)11-6-4-3-5-7-11/h3-8H,1-2H3. The van der Waals surface area contributed by atoms with Crippen LogP contribution in [0.4, 0.5) is 0 Å². The number of para-hydroxylation sites is 1. The van der Waals surface area contributed by atoms with Gasteiger partial charge in [-0.15, -0.1) is 0 Å². The fraction of sp³-hybridized carbons (Fsp3) is 0.143. The summed E-state index contributed by atoms with van der Waals surface area (Å²) in [7, 11) is 0. The average Bonchev–Trinajstić information content (AvgIpc) is 2.66. The van der Waals surface area contributed by atoms with Crippen LogP contribution in [0.2, 0.25) is 5.15 Å². The molecule has 0 aliphatic carbocycles. The molecule has 3 rings (SSSR count). The molecule has 0 aliphatic heterocycles. The van der Waals surface area contributed by atoms with Gasteiger partial charge in [0, 0.05) is 11.8 Å². The van der Waals surface area contributed by atoms with Gasteiger partial charge in [0.15, 0.2) is 0 Å². The Hall–Kier alpha value is -2.07. The number of imidazole rings is 1. The van der Waals surface area contributed by atoms with E-state index in [0.29, 0.717) is 16.5 Å². The Morgan fingerprint density at radius 1 is 1.16 bits per heavy atom. The lowest BCUT2D eigenvalue weighted by Crippen LogP contribution is -2.27. The first-order valence-electron chi connectivity index (χ1n) is 5.92. The van der Waals surface area contributed by atoms with Crippen LogP contribution in [0.1, 0.15) is 11.4 Å². The van der Waals surface area contributed by atoms with Gasteiger partial charge in [-0.25, -0.2) is 14.2 Å². The van der Waals surface area contributed by atoms with E-state index in [4.69, 9.17) is 11.6 Å². The molecule has 0 amide bonds. The van der Waals surface area contributed by atoms with Gasteiger partial charge in [-0.1, -0.05) is 29.8 Å². The smallest absolute Gasteiger partial charge is 0.266 e. The van der Waals surface area contributed by atoms with Crippen molar-refractivity contribution in [3.05, 3.63) is 63.4 Å². The summed E-state index contributed by atoms with van der Waals surface area (Å²) in [6.07, 6.45) is 0. The van der Waals surface area contributed by atoms with Crippen molar-refractivity contribution in [1.29, 1.82) is 0 Å². The maximum Gasteiger partial charge on any atom is 0.339 e. The Morgan fingerprint density at radius 2 is 1.84 bits per heavy atom. The number of hydrogen-bond acceptors (Lipinski definition) is 2. The largest absolute Gasteiger partial charge is 0.339 e. The van der Waals surface area contributed by atoms with E-state index in [-0.39, 0.29) is 5.69 Å². The molecule has 19 heavy (non-hydrogen) atoms. The Labute approximate surface area is 114 Å². The highest BCUT2D eigenvalue weighted by Gasteiger charge is 2.13. The van der Waals surface area contributed by atoms with Gasteiger partial charge < -0.3 is 0 Å². The zero-order chi connectivity index (χ0) is 13.6. The molecule has 0 bridgehead atoms. The highest BCUT2D eigenvalue weighted by molar-refractivity contribution is 6.30. The van der Waals surface area contributed by atoms with Crippen LogP contribution in [0.5, 0.6) is 0 Å². The number of rotatable bonds is 1. The molecule has 0 saturated carbocycles. The molecule has 3 aromatic rings. The second kappa shape index (κ2) is 4.24. The SMILES string of the molecule is Cc1nc2cc(C)n(-c3ccccc3)c(=O)n2c1Cl. The maximum absolute atomic E-state index is 12.6.